The molecule has 0 aliphatic carbocycles. The molecule has 13 N–H and O–H groups in total. The SMILES string of the molecule is NCCCCC(N)C(=O)O.O=C(O)C(Cc1c[nH]cn1)NP(=O)(O)O.O=P(O)(O)O. The van der Waals surface area contributed by atoms with Crippen molar-refractivity contribution in [2.24, 2.45) is 11.5 Å². The van der Waals surface area contributed by atoms with Gasteiger partial charge in [0.05, 0.1) is 12.0 Å². The summed E-state index contributed by atoms with van der Waals surface area (Å²) in [6.07, 6.45) is 4.87. The summed E-state index contributed by atoms with van der Waals surface area (Å²) >= 11 is 0. The van der Waals surface area contributed by atoms with Gasteiger partial charge in [0.1, 0.15) is 12.1 Å². The van der Waals surface area contributed by atoms with Gasteiger partial charge >= 0.3 is 27.5 Å². The third-order valence-electron chi connectivity index (χ3n) is 2.88. The van der Waals surface area contributed by atoms with Gasteiger partial charge in [-0.2, -0.15) is 0 Å². The van der Waals surface area contributed by atoms with Gasteiger partial charge in [-0.05, 0) is 19.4 Å². The number of nitrogens with zero attached hydrogens (tertiary/aromatic N) is 1. The fourth-order valence-corrected chi connectivity index (χ4v) is 2.24. The summed E-state index contributed by atoms with van der Waals surface area (Å²) in [4.78, 5) is 65.9. The van der Waals surface area contributed by atoms with E-state index in [9.17, 15) is 14.2 Å². The molecular weight excluding hydrogens is 452 g/mol. The second-order valence-electron chi connectivity index (χ2n) is 5.57. The van der Waals surface area contributed by atoms with E-state index in [1.165, 1.54) is 12.5 Å². The van der Waals surface area contributed by atoms with E-state index in [4.69, 9.17) is 50.7 Å². The molecule has 1 aromatic rings. The molecule has 2 atom stereocenters. The molecule has 18 heteroatoms. The highest BCUT2D eigenvalue weighted by atomic mass is 31.2. The van der Waals surface area contributed by atoms with Gasteiger partial charge in [-0.1, -0.05) is 6.42 Å². The lowest BCUT2D eigenvalue weighted by molar-refractivity contribution is -0.139. The van der Waals surface area contributed by atoms with E-state index in [-0.39, 0.29) is 6.42 Å². The molecule has 176 valence electrons. The first-order chi connectivity index (χ1) is 13.6. The molecule has 0 bridgehead atoms. The maximum atomic E-state index is 10.7. The quantitative estimate of drug-likeness (QED) is 0.124. The molecular formula is C12H27N5O11P2. The topological polar surface area (TPSA) is 303 Å². The van der Waals surface area contributed by atoms with E-state index >= 15 is 0 Å². The third kappa shape index (κ3) is 22.6. The predicted octanol–water partition coefficient (Wildman–Crippen LogP) is -2.31. The molecule has 0 aliphatic rings. The van der Waals surface area contributed by atoms with Crippen molar-refractivity contribution < 1.29 is 53.4 Å². The number of hydrogen-bond donors (Lipinski definition) is 11. The first-order valence-corrected chi connectivity index (χ1v) is 11.2. The van der Waals surface area contributed by atoms with Gasteiger partial charge in [0.15, 0.2) is 0 Å². The third-order valence-corrected chi connectivity index (χ3v) is 3.52. The molecule has 0 aromatic carbocycles. The number of hydrogen-bond acceptors (Lipinski definition) is 7. The number of nitrogens with one attached hydrogen (secondary N) is 2. The normalized spacial score (nSPS) is 13.2. The van der Waals surface area contributed by atoms with Crippen molar-refractivity contribution in [1.29, 1.82) is 0 Å². The number of aromatic amines is 1. The monoisotopic (exact) mass is 479 g/mol. The zero-order valence-electron chi connectivity index (χ0n) is 15.6. The van der Waals surface area contributed by atoms with Gasteiger partial charge in [-0.15, -0.1) is 0 Å². The van der Waals surface area contributed by atoms with Gasteiger partial charge in [0.2, 0.25) is 0 Å². The number of aliphatic carboxylic acids is 2. The maximum Gasteiger partial charge on any atom is 0.466 e. The molecule has 2 unspecified atom stereocenters. The first kappa shape index (κ1) is 30.5. The second-order valence-corrected chi connectivity index (χ2v) is 7.94. The Bertz CT molecular complexity index is 697. The van der Waals surface area contributed by atoms with Crippen molar-refractivity contribution in [3.63, 3.8) is 0 Å². The Morgan fingerprint density at radius 2 is 1.63 bits per heavy atom. The van der Waals surface area contributed by atoms with Crippen LogP contribution in [0, 0.1) is 0 Å². The molecule has 0 fully saturated rings. The van der Waals surface area contributed by atoms with Crippen LogP contribution in [0.4, 0.5) is 0 Å². The zero-order valence-corrected chi connectivity index (χ0v) is 17.4. The highest BCUT2D eigenvalue weighted by Crippen LogP contribution is 2.29. The predicted molar refractivity (Wildman–Crippen MR) is 102 cm³/mol. The fourth-order valence-electron chi connectivity index (χ4n) is 1.63. The molecule has 30 heavy (non-hydrogen) atoms. The molecule has 0 spiro atoms. The van der Waals surface area contributed by atoms with Crippen LogP contribution >= 0.6 is 15.6 Å². The standard InChI is InChI=1S/C6H10N3O5P.C6H14N2O2.H3O4P/c10-6(11)5(9-15(12,13)14)1-4-2-7-3-8-4;7-4-2-1-3-5(8)6(9)10;1-5(2,3)4/h2-3,5H,1H2,(H,7,8)(H,10,11)(H3,9,12,13,14);5H,1-4,7-8H2,(H,9,10);(H3,1,2,3,4). The summed E-state index contributed by atoms with van der Waals surface area (Å²) in [7, 11) is -9.20. The van der Waals surface area contributed by atoms with E-state index in [1.807, 2.05) is 0 Å². The maximum absolute atomic E-state index is 10.7. The number of unbranched alkanes of at least 4 members (excludes halogenated alkanes) is 1. The minimum atomic E-state index is -4.64. The summed E-state index contributed by atoms with van der Waals surface area (Å²) in [5.41, 5.74) is 10.8. The largest absolute Gasteiger partial charge is 0.480 e. The number of carboxylic acid groups (broad SMARTS) is 2. The molecule has 0 saturated carbocycles. The number of imidazole rings is 1. The first-order valence-electron chi connectivity index (χ1n) is 8.07. The van der Waals surface area contributed by atoms with Crippen LogP contribution in [-0.2, 0) is 25.1 Å². The van der Waals surface area contributed by atoms with Gasteiger partial charge in [0.25, 0.3) is 0 Å². The summed E-state index contributed by atoms with van der Waals surface area (Å²) < 4.78 is 19.4. The molecule has 16 nitrogen and oxygen atoms in total. The highest BCUT2D eigenvalue weighted by molar-refractivity contribution is 7.49. The van der Waals surface area contributed by atoms with Crippen LogP contribution in [0.2, 0.25) is 0 Å². The van der Waals surface area contributed by atoms with Crippen LogP contribution in [0.3, 0.4) is 0 Å². The van der Waals surface area contributed by atoms with Crippen molar-refractivity contribution in [2.75, 3.05) is 6.54 Å². The number of carboxylic acids is 2. The van der Waals surface area contributed by atoms with Crippen molar-refractivity contribution in [1.82, 2.24) is 15.1 Å². The van der Waals surface area contributed by atoms with E-state index in [0.29, 0.717) is 18.7 Å². The number of rotatable bonds is 10. The van der Waals surface area contributed by atoms with Crippen molar-refractivity contribution in [2.45, 2.75) is 37.8 Å². The zero-order chi connectivity index (χ0) is 24.0. The van der Waals surface area contributed by atoms with E-state index in [0.717, 1.165) is 12.8 Å². The van der Waals surface area contributed by atoms with E-state index in [2.05, 4.69) is 9.97 Å². The van der Waals surface area contributed by atoms with Gasteiger partial charge in [-0.3, -0.25) is 9.59 Å². The van der Waals surface area contributed by atoms with Crippen LogP contribution in [0.15, 0.2) is 12.5 Å². The van der Waals surface area contributed by atoms with Crippen LogP contribution in [0.1, 0.15) is 25.0 Å². The van der Waals surface area contributed by atoms with Crippen molar-refractivity contribution in [3.05, 3.63) is 18.2 Å². The molecule has 0 saturated heterocycles. The Morgan fingerprint density at radius 1 is 1.10 bits per heavy atom. The summed E-state index contributed by atoms with van der Waals surface area (Å²) in [5.74, 6) is -2.28. The van der Waals surface area contributed by atoms with Crippen LogP contribution < -0.4 is 16.6 Å². The molecule has 1 heterocycles. The van der Waals surface area contributed by atoms with E-state index in [1.54, 1.807) is 5.09 Å². The van der Waals surface area contributed by atoms with Crippen LogP contribution in [-0.4, -0.2) is 75.2 Å². The Kier molecular flexibility index (Phi) is 15.4. The number of nitrogens with two attached hydrogens (primary N) is 2. The Balaban J connectivity index is 0. The van der Waals surface area contributed by atoms with Gasteiger partial charge in [-0.25, -0.2) is 19.2 Å². The number of aromatic nitrogens is 2. The lowest BCUT2D eigenvalue weighted by Crippen LogP contribution is -2.36. The molecule has 0 aliphatic heterocycles. The Labute approximate surface area is 170 Å². The van der Waals surface area contributed by atoms with Crippen LogP contribution in [0.25, 0.3) is 0 Å². The van der Waals surface area contributed by atoms with Crippen molar-refractivity contribution in [3.8, 4) is 0 Å². The molecule has 0 radical (unpaired) electrons. The summed E-state index contributed by atoms with van der Waals surface area (Å²) in [6, 6.07) is -2.08. The summed E-state index contributed by atoms with van der Waals surface area (Å²) in [6.45, 7) is 0.604. The average molecular weight is 479 g/mol. The summed E-state index contributed by atoms with van der Waals surface area (Å²) in [5, 5.41) is 18.7. The highest BCUT2D eigenvalue weighted by Gasteiger charge is 2.26. The number of H-pyrrole nitrogens is 1. The second kappa shape index (κ2) is 15.1. The molecule has 0 amide bonds. The molecule has 1 rings (SSSR count). The van der Waals surface area contributed by atoms with Crippen LogP contribution in [0.5, 0.6) is 0 Å². The van der Waals surface area contributed by atoms with Gasteiger partial charge < -0.3 is 51.1 Å². The number of carbonyl (C=O) groups is 2. The van der Waals surface area contributed by atoms with E-state index < -0.39 is 39.6 Å². The Hall–Kier alpha value is -1.71. The van der Waals surface area contributed by atoms with Gasteiger partial charge in [0, 0.05) is 12.6 Å². The number of phosphoric acid groups is 1. The lowest BCUT2D eigenvalue weighted by Gasteiger charge is -2.13. The average Bonchev–Trinajstić information content (AvgIpc) is 3.05. The minimum Gasteiger partial charge on any atom is -0.480 e. The smallest absolute Gasteiger partial charge is 0.466 e. The molecule has 1 aromatic heterocycles. The minimum absolute atomic E-state index is 0.107. The fraction of sp³-hybridized carbons (Fsp3) is 0.583. The van der Waals surface area contributed by atoms with Crippen molar-refractivity contribution >= 4 is 27.5 Å². The Morgan fingerprint density at radius 3 is 1.97 bits per heavy atom. The lowest BCUT2D eigenvalue weighted by atomic mass is 10.1.